The Morgan fingerprint density at radius 1 is 1.12 bits per heavy atom. The minimum Gasteiger partial charge on any atom is -0.371 e. The van der Waals surface area contributed by atoms with E-state index in [0.29, 0.717) is 13.1 Å². The topological polar surface area (TPSA) is 49.4 Å². The van der Waals surface area contributed by atoms with Gasteiger partial charge in [-0.05, 0) is 48.7 Å². The van der Waals surface area contributed by atoms with Crippen molar-refractivity contribution in [1.82, 2.24) is 4.72 Å². The molecule has 1 fully saturated rings. The molecular weight excluding hydrogens is 386 g/mol. The number of nitrogens with one attached hydrogen (secondary N) is 1. The van der Waals surface area contributed by atoms with E-state index in [1.807, 2.05) is 0 Å². The Kier molecular flexibility index (Phi) is 5.53. The molecule has 1 aliphatic rings. The van der Waals surface area contributed by atoms with Crippen LogP contribution in [0.1, 0.15) is 6.42 Å². The van der Waals surface area contributed by atoms with E-state index in [4.69, 9.17) is 23.2 Å². The van der Waals surface area contributed by atoms with E-state index in [1.54, 1.807) is 18.2 Å². The van der Waals surface area contributed by atoms with Gasteiger partial charge in [0.25, 0.3) is 0 Å². The lowest BCUT2D eigenvalue weighted by Crippen LogP contribution is -2.31. The first kappa shape index (κ1) is 18.5. The van der Waals surface area contributed by atoms with Crippen molar-refractivity contribution in [2.45, 2.75) is 11.3 Å². The molecule has 0 radical (unpaired) electrons. The number of benzene rings is 2. The average molecular weight is 403 g/mol. The Bertz CT molecular complexity index is 839. The molecule has 0 bridgehead atoms. The zero-order valence-corrected chi connectivity index (χ0v) is 15.6. The lowest BCUT2D eigenvalue weighted by Gasteiger charge is -2.19. The van der Waals surface area contributed by atoms with Crippen LogP contribution in [0.2, 0.25) is 10.0 Å². The second kappa shape index (κ2) is 7.50. The average Bonchev–Trinajstić information content (AvgIpc) is 3.02. The molecule has 1 aliphatic heterocycles. The fraction of sp³-hybridized carbons (Fsp3) is 0.294. The van der Waals surface area contributed by atoms with Gasteiger partial charge in [0, 0.05) is 25.3 Å². The summed E-state index contributed by atoms with van der Waals surface area (Å²) in [5, 5.41) is 0.193. The van der Waals surface area contributed by atoms with E-state index in [1.165, 1.54) is 24.3 Å². The van der Waals surface area contributed by atoms with Crippen LogP contribution in [-0.2, 0) is 10.0 Å². The molecule has 0 aliphatic carbocycles. The SMILES string of the molecule is O=S(=O)(NC[C@@H]1CCN(c2ccc(F)cc2)C1)c1c(Cl)cccc1Cl. The quantitative estimate of drug-likeness (QED) is 0.823. The predicted molar refractivity (Wildman–Crippen MR) is 98.4 cm³/mol. The highest BCUT2D eigenvalue weighted by molar-refractivity contribution is 7.89. The Balaban J connectivity index is 1.63. The molecule has 8 heteroatoms. The summed E-state index contributed by atoms with van der Waals surface area (Å²) in [6.07, 6.45) is 0.843. The fourth-order valence-corrected chi connectivity index (χ4v) is 5.18. The van der Waals surface area contributed by atoms with Gasteiger partial charge >= 0.3 is 0 Å². The van der Waals surface area contributed by atoms with E-state index in [9.17, 15) is 12.8 Å². The van der Waals surface area contributed by atoms with Crippen molar-refractivity contribution < 1.29 is 12.8 Å². The first-order valence-corrected chi connectivity index (χ1v) is 10.0. The molecule has 1 atom stereocenters. The Morgan fingerprint density at radius 3 is 2.40 bits per heavy atom. The van der Waals surface area contributed by atoms with Crippen molar-refractivity contribution in [3.8, 4) is 0 Å². The van der Waals surface area contributed by atoms with Gasteiger partial charge in [-0.25, -0.2) is 17.5 Å². The molecule has 2 aromatic carbocycles. The van der Waals surface area contributed by atoms with Crippen LogP contribution in [0.5, 0.6) is 0 Å². The van der Waals surface area contributed by atoms with E-state index in [0.717, 1.165) is 18.7 Å². The van der Waals surface area contributed by atoms with Gasteiger partial charge in [0.15, 0.2) is 0 Å². The summed E-state index contributed by atoms with van der Waals surface area (Å²) in [7, 11) is -3.78. The number of rotatable bonds is 5. The first-order chi connectivity index (χ1) is 11.9. The number of anilines is 1. The van der Waals surface area contributed by atoms with Gasteiger partial charge in [0.05, 0.1) is 10.0 Å². The van der Waals surface area contributed by atoms with Crippen molar-refractivity contribution in [2.24, 2.45) is 5.92 Å². The molecule has 134 valence electrons. The van der Waals surface area contributed by atoms with Gasteiger partial charge in [-0.1, -0.05) is 29.3 Å². The summed E-state index contributed by atoms with van der Waals surface area (Å²) in [4.78, 5) is 2.02. The zero-order valence-electron chi connectivity index (χ0n) is 13.3. The number of hydrogen-bond acceptors (Lipinski definition) is 3. The van der Waals surface area contributed by atoms with E-state index in [-0.39, 0.29) is 26.7 Å². The first-order valence-electron chi connectivity index (χ1n) is 7.81. The van der Waals surface area contributed by atoms with Crippen LogP contribution >= 0.6 is 23.2 Å². The molecule has 2 aromatic rings. The van der Waals surface area contributed by atoms with Gasteiger partial charge in [0.2, 0.25) is 10.0 Å². The van der Waals surface area contributed by atoms with Crippen molar-refractivity contribution in [2.75, 3.05) is 24.5 Å². The molecule has 3 rings (SSSR count). The van der Waals surface area contributed by atoms with Crippen LogP contribution in [0.15, 0.2) is 47.4 Å². The lowest BCUT2D eigenvalue weighted by atomic mass is 10.1. The second-order valence-electron chi connectivity index (χ2n) is 5.98. The molecule has 0 amide bonds. The van der Waals surface area contributed by atoms with Gasteiger partial charge < -0.3 is 4.90 Å². The number of hydrogen-bond donors (Lipinski definition) is 1. The standard InChI is InChI=1S/C17H17Cl2FN2O2S/c18-15-2-1-3-16(19)17(15)25(23,24)21-10-12-8-9-22(11-12)14-6-4-13(20)5-7-14/h1-7,12,21H,8-11H2/t12-/m0/s1. The van der Waals surface area contributed by atoms with E-state index in [2.05, 4.69) is 9.62 Å². The third-order valence-corrected chi connectivity index (χ3v) is 6.61. The molecular formula is C17H17Cl2FN2O2S. The summed E-state index contributed by atoms with van der Waals surface area (Å²) in [5.74, 6) is -0.120. The molecule has 1 N–H and O–H groups in total. The molecule has 0 aromatic heterocycles. The van der Waals surface area contributed by atoms with Crippen LogP contribution in [0.4, 0.5) is 10.1 Å². The van der Waals surface area contributed by atoms with Crippen molar-refractivity contribution in [3.63, 3.8) is 0 Å². The molecule has 0 spiro atoms. The van der Waals surface area contributed by atoms with Crippen LogP contribution in [0.3, 0.4) is 0 Å². The van der Waals surface area contributed by atoms with E-state index >= 15 is 0 Å². The summed E-state index contributed by atoms with van der Waals surface area (Å²) >= 11 is 12.0. The summed E-state index contributed by atoms with van der Waals surface area (Å²) < 4.78 is 40.6. The number of nitrogens with zero attached hydrogens (tertiary/aromatic N) is 1. The smallest absolute Gasteiger partial charge is 0.243 e. The lowest BCUT2D eigenvalue weighted by molar-refractivity contribution is 0.541. The monoisotopic (exact) mass is 402 g/mol. The van der Waals surface area contributed by atoms with Gasteiger partial charge in [-0.2, -0.15) is 0 Å². The van der Waals surface area contributed by atoms with Crippen molar-refractivity contribution in [3.05, 3.63) is 58.3 Å². The van der Waals surface area contributed by atoms with Gasteiger partial charge in [0.1, 0.15) is 10.7 Å². The van der Waals surface area contributed by atoms with Crippen LogP contribution in [0, 0.1) is 11.7 Å². The zero-order chi connectivity index (χ0) is 18.0. The maximum atomic E-state index is 13.0. The third-order valence-electron chi connectivity index (χ3n) is 4.23. The van der Waals surface area contributed by atoms with Crippen LogP contribution in [-0.4, -0.2) is 28.1 Å². The van der Waals surface area contributed by atoms with Gasteiger partial charge in [-0.15, -0.1) is 0 Å². The molecule has 0 saturated carbocycles. The minimum absolute atomic E-state index is 0.0910. The Labute approximate surface area is 156 Å². The predicted octanol–water partition coefficient (Wildman–Crippen LogP) is 3.94. The summed E-state index contributed by atoms with van der Waals surface area (Å²) in [6, 6.07) is 10.9. The largest absolute Gasteiger partial charge is 0.371 e. The van der Waals surface area contributed by atoms with Gasteiger partial charge in [-0.3, -0.25) is 0 Å². The summed E-state index contributed by atoms with van der Waals surface area (Å²) in [5.41, 5.74) is 0.931. The maximum Gasteiger partial charge on any atom is 0.243 e. The molecule has 1 heterocycles. The summed E-state index contributed by atoms with van der Waals surface area (Å²) in [6.45, 7) is 1.79. The molecule has 4 nitrogen and oxygen atoms in total. The second-order valence-corrected chi connectivity index (χ2v) is 8.50. The Hall–Kier alpha value is -1.34. The van der Waals surface area contributed by atoms with Crippen molar-refractivity contribution in [1.29, 1.82) is 0 Å². The Morgan fingerprint density at radius 2 is 1.76 bits per heavy atom. The number of sulfonamides is 1. The van der Waals surface area contributed by atoms with Crippen molar-refractivity contribution >= 4 is 38.9 Å². The minimum atomic E-state index is -3.78. The van der Waals surface area contributed by atoms with E-state index < -0.39 is 10.0 Å². The normalized spacial score (nSPS) is 17.9. The molecule has 1 saturated heterocycles. The highest BCUT2D eigenvalue weighted by Gasteiger charge is 2.26. The number of halogens is 3. The van der Waals surface area contributed by atoms with Crippen LogP contribution < -0.4 is 9.62 Å². The maximum absolute atomic E-state index is 13.0. The third kappa shape index (κ3) is 4.26. The van der Waals surface area contributed by atoms with Crippen LogP contribution in [0.25, 0.3) is 0 Å². The molecule has 0 unspecified atom stereocenters. The molecule has 25 heavy (non-hydrogen) atoms. The highest BCUT2D eigenvalue weighted by atomic mass is 35.5. The highest BCUT2D eigenvalue weighted by Crippen LogP contribution is 2.29. The fourth-order valence-electron chi connectivity index (χ4n) is 2.92.